The number of carbonyl (C=O) groups is 1. The molecule has 0 spiro atoms. The number of rotatable bonds is 10. The lowest BCUT2D eigenvalue weighted by molar-refractivity contribution is -0.113. The standard InChI is InChI=1S/C27H22Cl2N6O5S2/c1-39-22-12-18-21(13-23(22)40-2)33-27(41(37)14-24(36)32-16-5-7-17(8-6-16)42(31)38)35-26(18)34-25-19(28)10-15(4-3-9-30)11-20(25)29/h3-8,10-13H,14,31H2,1-2H3,(H,32,36)(H,33,34,35)/b4-3+. The van der Waals surface area contributed by atoms with Crippen molar-refractivity contribution in [2.24, 2.45) is 5.14 Å². The van der Waals surface area contributed by atoms with Gasteiger partial charge >= 0.3 is 0 Å². The first-order valence-corrected chi connectivity index (χ1v) is 15.1. The number of amides is 1. The highest BCUT2D eigenvalue weighted by atomic mass is 35.5. The number of hydrogen-bond donors (Lipinski definition) is 3. The summed E-state index contributed by atoms with van der Waals surface area (Å²) in [5.74, 6) is -0.0597. The van der Waals surface area contributed by atoms with Crippen molar-refractivity contribution in [3.63, 3.8) is 0 Å². The number of ether oxygens (including phenoxy) is 2. The zero-order valence-electron chi connectivity index (χ0n) is 22.0. The van der Waals surface area contributed by atoms with E-state index < -0.39 is 33.4 Å². The van der Waals surface area contributed by atoms with Crippen LogP contribution in [0.4, 0.5) is 17.2 Å². The number of nitrogens with one attached hydrogen (secondary N) is 2. The average Bonchev–Trinajstić information content (AvgIpc) is 2.97. The molecule has 216 valence electrons. The third-order valence-electron chi connectivity index (χ3n) is 5.67. The van der Waals surface area contributed by atoms with E-state index in [4.69, 9.17) is 43.1 Å². The summed E-state index contributed by atoms with van der Waals surface area (Å²) >= 11 is 13.0. The van der Waals surface area contributed by atoms with Crippen LogP contribution in [-0.2, 0) is 26.6 Å². The van der Waals surface area contributed by atoms with Crippen molar-refractivity contribution in [2.45, 2.75) is 10.1 Å². The summed E-state index contributed by atoms with van der Waals surface area (Å²) < 4.78 is 35.5. The Labute approximate surface area is 255 Å². The van der Waals surface area contributed by atoms with Gasteiger partial charge in [0.05, 0.1) is 46.4 Å². The van der Waals surface area contributed by atoms with Crippen LogP contribution >= 0.6 is 23.2 Å². The van der Waals surface area contributed by atoms with E-state index in [0.717, 1.165) is 0 Å². The number of aromatic nitrogens is 2. The fraction of sp³-hybridized carbons (Fsp3) is 0.111. The maximum absolute atomic E-state index is 13.3. The summed E-state index contributed by atoms with van der Waals surface area (Å²) in [4.78, 5) is 21.9. The summed E-state index contributed by atoms with van der Waals surface area (Å²) in [5.41, 5.74) is 1.66. The van der Waals surface area contributed by atoms with Gasteiger partial charge in [-0.05, 0) is 54.1 Å². The molecule has 0 fully saturated rings. The minimum atomic E-state index is -1.98. The minimum Gasteiger partial charge on any atom is -0.493 e. The summed E-state index contributed by atoms with van der Waals surface area (Å²) in [7, 11) is -0.692. The molecule has 0 radical (unpaired) electrons. The van der Waals surface area contributed by atoms with E-state index in [2.05, 4.69) is 20.6 Å². The van der Waals surface area contributed by atoms with Gasteiger partial charge in [-0.25, -0.2) is 19.3 Å². The van der Waals surface area contributed by atoms with Gasteiger partial charge in [0.15, 0.2) is 11.5 Å². The van der Waals surface area contributed by atoms with E-state index in [9.17, 15) is 13.2 Å². The van der Waals surface area contributed by atoms with Gasteiger partial charge in [-0.15, -0.1) is 0 Å². The maximum Gasteiger partial charge on any atom is 0.237 e. The fourth-order valence-corrected chi connectivity index (χ4v) is 5.58. The van der Waals surface area contributed by atoms with Gasteiger partial charge in [-0.2, -0.15) is 5.26 Å². The second-order valence-electron chi connectivity index (χ2n) is 8.39. The number of benzene rings is 3. The molecule has 3 aromatic carbocycles. The smallest absolute Gasteiger partial charge is 0.237 e. The van der Waals surface area contributed by atoms with Crippen LogP contribution in [0.25, 0.3) is 17.0 Å². The van der Waals surface area contributed by atoms with E-state index >= 15 is 0 Å². The molecule has 2 unspecified atom stereocenters. The Kier molecular flexibility index (Phi) is 10.1. The van der Waals surface area contributed by atoms with Crippen molar-refractivity contribution < 1.29 is 22.7 Å². The Hall–Kier alpha value is -4.06. The van der Waals surface area contributed by atoms with E-state index in [0.29, 0.717) is 44.2 Å². The van der Waals surface area contributed by atoms with Gasteiger partial charge in [-0.1, -0.05) is 23.2 Å². The molecule has 42 heavy (non-hydrogen) atoms. The number of nitrogens with zero attached hydrogens (tertiary/aromatic N) is 3. The van der Waals surface area contributed by atoms with Crippen LogP contribution in [-0.4, -0.2) is 44.3 Å². The predicted molar refractivity (Wildman–Crippen MR) is 164 cm³/mol. The quantitative estimate of drug-likeness (QED) is 0.159. The lowest BCUT2D eigenvalue weighted by Gasteiger charge is -2.15. The third kappa shape index (κ3) is 7.22. The second kappa shape index (κ2) is 13.7. The number of nitriles is 1. The molecule has 0 bridgehead atoms. The molecule has 4 N–H and O–H groups in total. The number of hydrogen-bond acceptors (Lipinski definition) is 9. The van der Waals surface area contributed by atoms with Crippen molar-refractivity contribution in [2.75, 3.05) is 30.6 Å². The van der Waals surface area contributed by atoms with Crippen LogP contribution in [0.3, 0.4) is 0 Å². The first kappa shape index (κ1) is 30.9. The Morgan fingerprint density at radius 2 is 1.69 bits per heavy atom. The fourth-order valence-electron chi connectivity index (χ4n) is 3.74. The van der Waals surface area contributed by atoms with E-state index in [-0.39, 0.29) is 21.0 Å². The average molecular weight is 646 g/mol. The van der Waals surface area contributed by atoms with E-state index in [1.807, 2.05) is 6.07 Å². The monoisotopic (exact) mass is 644 g/mol. The van der Waals surface area contributed by atoms with Gasteiger partial charge in [0.2, 0.25) is 11.1 Å². The van der Waals surface area contributed by atoms with Gasteiger partial charge in [0, 0.05) is 23.2 Å². The highest BCUT2D eigenvalue weighted by molar-refractivity contribution is 7.85. The molecule has 1 heterocycles. The van der Waals surface area contributed by atoms with Crippen molar-refractivity contribution in [1.29, 1.82) is 5.26 Å². The molecule has 0 aliphatic rings. The lowest BCUT2D eigenvalue weighted by Crippen LogP contribution is -2.21. The molecule has 2 atom stereocenters. The number of allylic oxidation sites excluding steroid dienone is 1. The number of anilines is 3. The van der Waals surface area contributed by atoms with Gasteiger partial charge in [0.25, 0.3) is 0 Å². The van der Waals surface area contributed by atoms with Crippen molar-refractivity contribution in [3.05, 3.63) is 70.2 Å². The summed E-state index contributed by atoms with van der Waals surface area (Å²) in [6, 6.07) is 14.4. The van der Waals surface area contributed by atoms with Gasteiger partial charge in [-0.3, -0.25) is 9.00 Å². The number of nitrogens with two attached hydrogens (primary N) is 1. The Morgan fingerprint density at radius 3 is 2.29 bits per heavy atom. The minimum absolute atomic E-state index is 0.137. The van der Waals surface area contributed by atoms with Crippen LogP contribution in [0.2, 0.25) is 10.0 Å². The molecule has 11 nitrogen and oxygen atoms in total. The zero-order chi connectivity index (χ0) is 30.4. The van der Waals surface area contributed by atoms with Crippen LogP contribution in [0, 0.1) is 11.3 Å². The number of fused-ring (bicyclic) bond motifs is 1. The van der Waals surface area contributed by atoms with Gasteiger partial charge < -0.3 is 20.1 Å². The molecule has 1 aromatic heterocycles. The highest BCUT2D eigenvalue weighted by Gasteiger charge is 2.20. The molecule has 4 aromatic rings. The maximum atomic E-state index is 13.3. The first-order chi connectivity index (χ1) is 20.1. The topological polar surface area (TPSA) is 169 Å². The summed E-state index contributed by atoms with van der Waals surface area (Å²) in [6.07, 6.45) is 2.85. The molecule has 0 aliphatic heterocycles. The van der Waals surface area contributed by atoms with Crippen molar-refractivity contribution >= 4 is 85.1 Å². The molecular weight excluding hydrogens is 623 g/mol. The predicted octanol–water partition coefficient (Wildman–Crippen LogP) is 4.96. The second-order valence-corrected chi connectivity index (χ2v) is 11.6. The first-order valence-electron chi connectivity index (χ1n) is 11.8. The molecule has 0 saturated heterocycles. The van der Waals surface area contributed by atoms with Crippen molar-refractivity contribution in [1.82, 2.24) is 9.97 Å². The lowest BCUT2D eigenvalue weighted by atomic mass is 10.1. The third-order valence-corrected chi connectivity index (χ3v) is 8.12. The van der Waals surface area contributed by atoms with Crippen molar-refractivity contribution in [3.8, 4) is 17.6 Å². The number of carbonyl (C=O) groups excluding carboxylic acids is 1. The van der Waals surface area contributed by atoms with Crippen LogP contribution in [0.15, 0.2) is 64.7 Å². The molecule has 0 aliphatic carbocycles. The molecule has 1 amide bonds. The number of methoxy groups -OCH3 is 2. The SMILES string of the molecule is COc1cc2nc(S(=O)CC(=O)Nc3ccc(S(N)=O)cc3)nc(Nc3c(Cl)cc(/C=C/C#N)cc3Cl)c2cc1OC. The number of halogens is 2. The van der Waals surface area contributed by atoms with Crippen LogP contribution in [0.5, 0.6) is 11.5 Å². The van der Waals surface area contributed by atoms with Crippen LogP contribution < -0.4 is 25.2 Å². The van der Waals surface area contributed by atoms with Gasteiger partial charge in [0.1, 0.15) is 33.4 Å². The summed E-state index contributed by atoms with van der Waals surface area (Å²) in [6.45, 7) is 0. The zero-order valence-corrected chi connectivity index (χ0v) is 25.2. The Morgan fingerprint density at radius 1 is 1.05 bits per heavy atom. The Balaban J connectivity index is 1.70. The molecule has 15 heteroatoms. The van der Waals surface area contributed by atoms with E-state index in [1.54, 1.807) is 30.3 Å². The van der Waals surface area contributed by atoms with Crippen LogP contribution in [0.1, 0.15) is 5.56 Å². The molecular formula is C27H22Cl2N6O5S2. The molecule has 0 saturated carbocycles. The Bertz CT molecular complexity index is 1770. The largest absolute Gasteiger partial charge is 0.493 e. The highest BCUT2D eigenvalue weighted by Crippen LogP contribution is 2.39. The normalized spacial score (nSPS) is 12.5. The summed E-state index contributed by atoms with van der Waals surface area (Å²) in [5, 5.41) is 20.7. The molecule has 4 rings (SSSR count). The van der Waals surface area contributed by atoms with E-state index in [1.165, 1.54) is 44.6 Å².